The molecule has 0 amide bonds. The van der Waals surface area contributed by atoms with E-state index in [-0.39, 0.29) is 11.3 Å². The van der Waals surface area contributed by atoms with Crippen molar-refractivity contribution in [3.05, 3.63) is 33.9 Å². The lowest BCUT2D eigenvalue weighted by Crippen LogP contribution is -2.07. The fourth-order valence-corrected chi connectivity index (χ4v) is 1.77. The largest absolute Gasteiger partial charge is 0.382 e. The Hall–Kier alpha value is -2.17. The maximum absolute atomic E-state index is 11.0. The SMILES string of the molecule is COCCOCCCCNc1cccc(C#N)c1[N+](=O)[O-]. The van der Waals surface area contributed by atoms with Crippen LogP contribution in [0.1, 0.15) is 18.4 Å². The minimum atomic E-state index is -0.533. The van der Waals surface area contributed by atoms with Crippen LogP contribution < -0.4 is 5.32 Å². The Kier molecular flexibility index (Phi) is 7.79. The van der Waals surface area contributed by atoms with Gasteiger partial charge in [0, 0.05) is 20.3 Å². The van der Waals surface area contributed by atoms with Gasteiger partial charge in [0.25, 0.3) is 0 Å². The molecule has 1 rings (SSSR count). The zero-order valence-corrected chi connectivity index (χ0v) is 12.0. The third-order valence-corrected chi connectivity index (χ3v) is 2.80. The summed E-state index contributed by atoms with van der Waals surface area (Å²) in [5.74, 6) is 0. The predicted molar refractivity (Wildman–Crippen MR) is 78.2 cm³/mol. The Bertz CT molecular complexity index is 499. The van der Waals surface area contributed by atoms with Gasteiger partial charge in [-0.2, -0.15) is 5.26 Å². The first kappa shape index (κ1) is 16.9. The molecule has 0 aromatic heterocycles. The summed E-state index contributed by atoms with van der Waals surface area (Å²) in [6.07, 6.45) is 1.67. The van der Waals surface area contributed by atoms with Gasteiger partial charge in [0.15, 0.2) is 0 Å². The monoisotopic (exact) mass is 293 g/mol. The van der Waals surface area contributed by atoms with E-state index < -0.39 is 4.92 Å². The van der Waals surface area contributed by atoms with Crippen LogP contribution in [0.15, 0.2) is 18.2 Å². The lowest BCUT2D eigenvalue weighted by molar-refractivity contribution is -0.384. The number of nitrogens with zero attached hydrogens (tertiary/aromatic N) is 2. The molecule has 0 radical (unpaired) electrons. The molecule has 0 heterocycles. The number of hydrogen-bond acceptors (Lipinski definition) is 6. The second kappa shape index (κ2) is 9.69. The van der Waals surface area contributed by atoms with E-state index in [9.17, 15) is 10.1 Å². The van der Waals surface area contributed by atoms with E-state index in [2.05, 4.69) is 5.32 Å². The highest BCUT2D eigenvalue weighted by Gasteiger charge is 2.18. The molecule has 114 valence electrons. The van der Waals surface area contributed by atoms with Crippen molar-refractivity contribution in [1.82, 2.24) is 0 Å². The smallest absolute Gasteiger partial charge is 0.309 e. The van der Waals surface area contributed by atoms with Gasteiger partial charge in [-0.15, -0.1) is 0 Å². The van der Waals surface area contributed by atoms with Crippen LogP contribution in [-0.4, -0.2) is 38.4 Å². The van der Waals surface area contributed by atoms with Crippen molar-refractivity contribution >= 4 is 11.4 Å². The Labute approximate surface area is 123 Å². The Balaban J connectivity index is 2.39. The summed E-state index contributed by atoms with van der Waals surface area (Å²) in [5.41, 5.74) is 0.267. The number of nitrogens with one attached hydrogen (secondary N) is 1. The molecule has 1 N–H and O–H groups in total. The van der Waals surface area contributed by atoms with Crippen LogP contribution in [0.5, 0.6) is 0 Å². The third kappa shape index (κ3) is 5.77. The average molecular weight is 293 g/mol. The summed E-state index contributed by atoms with van der Waals surface area (Å²) in [6.45, 7) is 2.36. The molecule has 0 unspecified atom stereocenters. The van der Waals surface area contributed by atoms with Crippen LogP contribution in [0.2, 0.25) is 0 Å². The normalized spacial score (nSPS) is 10.1. The zero-order chi connectivity index (χ0) is 15.5. The van der Waals surface area contributed by atoms with Gasteiger partial charge in [-0.25, -0.2) is 0 Å². The molecule has 0 aliphatic heterocycles. The van der Waals surface area contributed by atoms with Gasteiger partial charge in [-0.1, -0.05) is 6.07 Å². The minimum absolute atomic E-state index is 0.0629. The summed E-state index contributed by atoms with van der Waals surface area (Å²) in [6, 6.07) is 6.50. The molecule has 0 saturated heterocycles. The van der Waals surface area contributed by atoms with Gasteiger partial charge in [0.05, 0.1) is 18.1 Å². The van der Waals surface area contributed by atoms with Crippen molar-refractivity contribution in [3.63, 3.8) is 0 Å². The molecule has 0 aliphatic rings. The van der Waals surface area contributed by atoms with Gasteiger partial charge in [0.2, 0.25) is 0 Å². The van der Waals surface area contributed by atoms with Crippen LogP contribution in [0.25, 0.3) is 0 Å². The van der Waals surface area contributed by atoms with E-state index in [4.69, 9.17) is 14.7 Å². The molecule has 21 heavy (non-hydrogen) atoms. The van der Waals surface area contributed by atoms with Crippen molar-refractivity contribution in [2.75, 3.05) is 38.8 Å². The van der Waals surface area contributed by atoms with E-state index in [1.54, 1.807) is 19.2 Å². The molecular weight excluding hydrogens is 274 g/mol. The number of rotatable bonds is 10. The Morgan fingerprint density at radius 2 is 2.14 bits per heavy atom. The summed E-state index contributed by atoms with van der Waals surface area (Å²) in [4.78, 5) is 10.5. The first-order valence-electron chi connectivity index (χ1n) is 6.68. The maximum Gasteiger partial charge on any atom is 0.309 e. The number of unbranched alkanes of at least 4 members (excludes halogenated alkanes) is 1. The molecule has 0 fully saturated rings. The highest BCUT2D eigenvalue weighted by molar-refractivity contribution is 5.68. The van der Waals surface area contributed by atoms with Crippen molar-refractivity contribution in [2.45, 2.75) is 12.8 Å². The summed E-state index contributed by atoms with van der Waals surface area (Å²) in [7, 11) is 1.62. The fraction of sp³-hybridized carbons (Fsp3) is 0.500. The first-order chi connectivity index (χ1) is 10.2. The number of benzene rings is 1. The van der Waals surface area contributed by atoms with E-state index >= 15 is 0 Å². The van der Waals surface area contributed by atoms with Crippen molar-refractivity contribution in [1.29, 1.82) is 5.26 Å². The molecule has 0 bridgehead atoms. The van der Waals surface area contributed by atoms with Crippen LogP contribution in [0.3, 0.4) is 0 Å². The quantitative estimate of drug-likeness (QED) is 0.404. The van der Waals surface area contributed by atoms with Crippen LogP contribution in [0.4, 0.5) is 11.4 Å². The molecule has 7 nitrogen and oxygen atoms in total. The number of ether oxygens (including phenoxy) is 2. The predicted octanol–water partition coefficient (Wildman–Crippen LogP) is 2.32. The second-order valence-electron chi connectivity index (χ2n) is 4.31. The molecule has 0 spiro atoms. The standard InChI is InChI=1S/C14H19N3O4/c1-20-9-10-21-8-3-2-7-16-13-6-4-5-12(11-15)14(13)17(18)19/h4-6,16H,2-3,7-10H2,1H3. The van der Waals surface area contributed by atoms with Crippen LogP contribution >= 0.6 is 0 Å². The minimum Gasteiger partial charge on any atom is -0.382 e. The zero-order valence-electron chi connectivity index (χ0n) is 12.0. The summed E-state index contributed by atoms with van der Waals surface area (Å²) in [5, 5.41) is 22.9. The lowest BCUT2D eigenvalue weighted by Gasteiger charge is -2.08. The number of nitro groups is 1. The molecule has 1 aromatic carbocycles. The summed E-state index contributed by atoms with van der Waals surface area (Å²) >= 11 is 0. The van der Waals surface area contributed by atoms with Gasteiger partial charge >= 0.3 is 5.69 Å². The molecular formula is C14H19N3O4. The van der Waals surface area contributed by atoms with Gasteiger partial charge < -0.3 is 14.8 Å². The van der Waals surface area contributed by atoms with E-state index in [0.717, 1.165) is 12.8 Å². The van der Waals surface area contributed by atoms with E-state index in [1.807, 2.05) is 6.07 Å². The average Bonchev–Trinajstić information content (AvgIpc) is 2.49. The van der Waals surface area contributed by atoms with Gasteiger partial charge in [-0.3, -0.25) is 10.1 Å². The van der Waals surface area contributed by atoms with Crippen molar-refractivity contribution in [3.8, 4) is 6.07 Å². The topological polar surface area (TPSA) is 97.4 Å². The number of hydrogen-bond donors (Lipinski definition) is 1. The Morgan fingerprint density at radius 1 is 1.33 bits per heavy atom. The maximum atomic E-state index is 11.0. The van der Waals surface area contributed by atoms with Gasteiger partial charge in [0.1, 0.15) is 17.3 Å². The fourth-order valence-electron chi connectivity index (χ4n) is 1.77. The first-order valence-corrected chi connectivity index (χ1v) is 6.68. The summed E-state index contributed by atoms with van der Waals surface area (Å²) < 4.78 is 10.2. The van der Waals surface area contributed by atoms with Crippen molar-refractivity contribution in [2.24, 2.45) is 0 Å². The molecule has 0 atom stereocenters. The number of anilines is 1. The van der Waals surface area contributed by atoms with Gasteiger partial charge in [-0.05, 0) is 25.0 Å². The number of para-hydroxylation sites is 1. The highest BCUT2D eigenvalue weighted by Crippen LogP contribution is 2.27. The van der Waals surface area contributed by atoms with E-state index in [0.29, 0.717) is 32.1 Å². The van der Waals surface area contributed by atoms with Crippen molar-refractivity contribution < 1.29 is 14.4 Å². The van der Waals surface area contributed by atoms with Crippen LogP contribution in [-0.2, 0) is 9.47 Å². The Morgan fingerprint density at radius 3 is 2.81 bits per heavy atom. The lowest BCUT2D eigenvalue weighted by atomic mass is 10.1. The van der Waals surface area contributed by atoms with Crippen LogP contribution in [0, 0.1) is 21.4 Å². The number of nitriles is 1. The molecule has 7 heteroatoms. The molecule has 0 aliphatic carbocycles. The third-order valence-electron chi connectivity index (χ3n) is 2.80. The van der Waals surface area contributed by atoms with E-state index in [1.165, 1.54) is 6.07 Å². The number of methoxy groups -OCH3 is 1. The molecule has 1 aromatic rings. The highest BCUT2D eigenvalue weighted by atomic mass is 16.6. The second-order valence-corrected chi connectivity index (χ2v) is 4.31. The molecule has 0 saturated carbocycles. The number of nitro benzene ring substituents is 1.